The summed E-state index contributed by atoms with van der Waals surface area (Å²) in [6, 6.07) is 0. The van der Waals surface area contributed by atoms with Crippen molar-refractivity contribution < 1.29 is 9.53 Å². The second kappa shape index (κ2) is 3.66. The minimum atomic E-state index is 0.146. The molecule has 0 N–H and O–H groups in total. The Labute approximate surface area is 79.0 Å². The molecule has 74 valence electrons. The van der Waals surface area contributed by atoms with Gasteiger partial charge in [-0.15, -0.1) is 0 Å². The fraction of sp³-hybridized carbons (Fsp3) is 0.900. The summed E-state index contributed by atoms with van der Waals surface area (Å²) in [7, 11) is 0. The van der Waals surface area contributed by atoms with E-state index in [1.54, 1.807) is 0 Å². The van der Waals surface area contributed by atoms with E-state index in [1.807, 2.05) is 11.8 Å². The van der Waals surface area contributed by atoms with Gasteiger partial charge in [0.05, 0.1) is 18.6 Å². The van der Waals surface area contributed by atoms with Crippen molar-refractivity contribution in [2.45, 2.75) is 32.3 Å². The molecule has 2 aliphatic rings. The van der Waals surface area contributed by atoms with E-state index >= 15 is 0 Å². The Balaban J connectivity index is 1.89. The molecule has 2 saturated heterocycles. The first kappa shape index (κ1) is 9.00. The summed E-state index contributed by atoms with van der Waals surface area (Å²) in [6.07, 6.45) is 3.54. The van der Waals surface area contributed by atoms with Gasteiger partial charge < -0.3 is 9.64 Å². The Kier molecular flexibility index (Phi) is 2.54. The maximum Gasteiger partial charge on any atom is 0.228 e. The third-order valence-electron chi connectivity index (χ3n) is 2.97. The molecule has 2 unspecified atom stereocenters. The predicted octanol–water partition coefficient (Wildman–Crippen LogP) is 1.03. The van der Waals surface area contributed by atoms with E-state index in [0.717, 1.165) is 19.5 Å². The van der Waals surface area contributed by atoms with Gasteiger partial charge in [-0.3, -0.25) is 4.79 Å². The molecule has 0 bridgehead atoms. The van der Waals surface area contributed by atoms with Gasteiger partial charge in [0.25, 0.3) is 0 Å². The number of carbonyl (C=O) groups is 1. The highest BCUT2D eigenvalue weighted by Gasteiger charge is 2.32. The Morgan fingerprint density at radius 3 is 2.62 bits per heavy atom. The molecular formula is C10H17NO2. The Bertz CT molecular complexity index is 199. The molecule has 2 atom stereocenters. The normalized spacial score (nSPS) is 34.1. The number of nitrogens with zero attached hydrogens (tertiary/aromatic N) is 1. The molecular weight excluding hydrogens is 166 g/mol. The van der Waals surface area contributed by atoms with Crippen LogP contribution in [0.5, 0.6) is 0 Å². The molecule has 1 amide bonds. The smallest absolute Gasteiger partial charge is 0.228 e. The summed E-state index contributed by atoms with van der Waals surface area (Å²) >= 11 is 0. The summed E-state index contributed by atoms with van der Waals surface area (Å²) < 4.78 is 5.40. The van der Waals surface area contributed by atoms with Crippen molar-refractivity contribution in [2.75, 3.05) is 19.7 Å². The quantitative estimate of drug-likeness (QED) is 0.607. The lowest BCUT2D eigenvalue weighted by Crippen LogP contribution is -2.34. The van der Waals surface area contributed by atoms with Crippen LogP contribution in [0.2, 0.25) is 0 Å². The SMILES string of the molecule is CC1CC(C(=O)N2CCCC2)CO1. The Morgan fingerprint density at radius 1 is 1.38 bits per heavy atom. The van der Waals surface area contributed by atoms with Gasteiger partial charge in [0.15, 0.2) is 0 Å². The molecule has 3 nitrogen and oxygen atoms in total. The molecule has 0 saturated carbocycles. The number of hydrogen-bond acceptors (Lipinski definition) is 2. The molecule has 2 rings (SSSR count). The van der Waals surface area contributed by atoms with E-state index in [0.29, 0.717) is 12.5 Å². The van der Waals surface area contributed by atoms with Crippen molar-refractivity contribution >= 4 is 5.91 Å². The van der Waals surface area contributed by atoms with Gasteiger partial charge in [-0.05, 0) is 26.2 Å². The van der Waals surface area contributed by atoms with Crippen LogP contribution in [-0.2, 0) is 9.53 Å². The van der Waals surface area contributed by atoms with Crippen LogP contribution in [0, 0.1) is 5.92 Å². The van der Waals surface area contributed by atoms with E-state index < -0.39 is 0 Å². The first-order valence-corrected chi connectivity index (χ1v) is 5.18. The van der Waals surface area contributed by atoms with Gasteiger partial charge in [0, 0.05) is 13.1 Å². The van der Waals surface area contributed by atoms with Crippen molar-refractivity contribution in [3.05, 3.63) is 0 Å². The lowest BCUT2D eigenvalue weighted by molar-refractivity contribution is -0.134. The number of ether oxygens (including phenoxy) is 1. The number of likely N-dealkylation sites (tertiary alicyclic amines) is 1. The highest BCUT2D eigenvalue weighted by molar-refractivity contribution is 5.79. The zero-order valence-electron chi connectivity index (χ0n) is 8.16. The topological polar surface area (TPSA) is 29.5 Å². The number of hydrogen-bond donors (Lipinski definition) is 0. The molecule has 0 aromatic heterocycles. The van der Waals surface area contributed by atoms with Crippen LogP contribution < -0.4 is 0 Å². The van der Waals surface area contributed by atoms with Crippen LogP contribution in [0.4, 0.5) is 0 Å². The minimum Gasteiger partial charge on any atom is -0.378 e. The fourth-order valence-electron chi connectivity index (χ4n) is 2.18. The van der Waals surface area contributed by atoms with Crippen LogP contribution in [0.3, 0.4) is 0 Å². The highest BCUT2D eigenvalue weighted by atomic mass is 16.5. The lowest BCUT2D eigenvalue weighted by Gasteiger charge is -2.18. The summed E-state index contributed by atoms with van der Waals surface area (Å²) in [6.45, 7) is 4.60. The molecule has 0 aromatic carbocycles. The van der Waals surface area contributed by atoms with Gasteiger partial charge in [0.1, 0.15) is 0 Å². The van der Waals surface area contributed by atoms with Crippen molar-refractivity contribution in [1.82, 2.24) is 4.90 Å². The first-order valence-electron chi connectivity index (χ1n) is 5.18. The van der Waals surface area contributed by atoms with Crippen molar-refractivity contribution in [2.24, 2.45) is 5.92 Å². The zero-order chi connectivity index (χ0) is 9.26. The standard InChI is InChI=1S/C10H17NO2/c1-8-6-9(7-13-8)10(12)11-4-2-3-5-11/h8-9H,2-7H2,1H3. The Morgan fingerprint density at radius 2 is 2.08 bits per heavy atom. The van der Waals surface area contributed by atoms with Crippen molar-refractivity contribution in [3.63, 3.8) is 0 Å². The number of amides is 1. The van der Waals surface area contributed by atoms with Gasteiger partial charge in [-0.2, -0.15) is 0 Å². The summed E-state index contributed by atoms with van der Waals surface area (Å²) in [5.41, 5.74) is 0. The molecule has 0 spiro atoms. The average molecular weight is 183 g/mol. The van der Waals surface area contributed by atoms with Gasteiger partial charge in [0.2, 0.25) is 5.91 Å². The van der Waals surface area contributed by atoms with Crippen LogP contribution in [0.25, 0.3) is 0 Å². The average Bonchev–Trinajstić information content (AvgIpc) is 2.72. The third-order valence-corrected chi connectivity index (χ3v) is 2.97. The van der Waals surface area contributed by atoms with Gasteiger partial charge in [-0.25, -0.2) is 0 Å². The van der Waals surface area contributed by atoms with E-state index in [-0.39, 0.29) is 12.0 Å². The maximum atomic E-state index is 11.8. The van der Waals surface area contributed by atoms with Gasteiger partial charge in [-0.1, -0.05) is 0 Å². The summed E-state index contributed by atoms with van der Waals surface area (Å²) in [5, 5.41) is 0. The lowest BCUT2D eigenvalue weighted by atomic mass is 10.1. The van der Waals surface area contributed by atoms with Crippen LogP contribution >= 0.6 is 0 Å². The monoisotopic (exact) mass is 183 g/mol. The van der Waals surface area contributed by atoms with E-state index in [1.165, 1.54) is 12.8 Å². The largest absolute Gasteiger partial charge is 0.378 e. The molecule has 0 aliphatic carbocycles. The second-order valence-electron chi connectivity index (χ2n) is 4.11. The fourth-order valence-corrected chi connectivity index (χ4v) is 2.18. The van der Waals surface area contributed by atoms with Crippen LogP contribution in [-0.4, -0.2) is 36.6 Å². The molecule has 13 heavy (non-hydrogen) atoms. The molecule has 2 heterocycles. The van der Waals surface area contributed by atoms with Gasteiger partial charge >= 0.3 is 0 Å². The zero-order valence-corrected chi connectivity index (χ0v) is 8.16. The number of carbonyl (C=O) groups excluding carboxylic acids is 1. The molecule has 0 radical (unpaired) electrons. The van der Waals surface area contributed by atoms with E-state index in [4.69, 9.17) is 4.74 Å². The minimum absolute atomic E-state index is 0.146. The van der Waals surface area contributed by atoms with Crippen LogP contribution in [0.1, 0.15) is 26.2 Å². The maximum absolute atomic E-state index is 11.8. The van der Waals surface area contributed by atoms with E-state index in [2.05, 4.69) is 0 Å². The van der Waals surface area contributed by atoms with E-state index in [9.17, 15) is 4.79 Å². The number of rotatable bonds is 1. The summed E-state index contributed by atoms with van der Waals surface area (Å²) in [4.78, 5) is 13.8. The molecule has 3 heteroatoms. The second-order valence-corrected chi connectivity index (χ2v) is 4.11. The molecule has 0 aromatic rings. The predicted molar refractivity (Wildman–Crippen MR) is 49.3 cm³/mol. The molecule has 2 fully saturated rings. The Hall–Kier alpha value is -0.570. The highest BCUT2D eigenvalue weighted by Crippen LogP contribution is 2.22. The van der Waals surface area contributed by atoms with Crippen LogP contribution in [0.15, 0.2) is 0 Å². The van der Waals surface area contributed by atoms with Crippen molar-refractivity contribution in [3.8, 4) is 0 Å². The first-order chi connectivity index (χ1) is 6.27. The summed E-state index contributed by atoms with van der Waals surface area (Å²) in [5.74, 6) is 0.468. The molecule has 2 aliphatic heterocycles. The third kappa shape index (κ3) is 1.85. The van der Waals surface area contributed by atoms with Crippen molar-refractivity contribution in [1.29, 1.82) is 0 Å².